The van der Waals surface area contributed by atoms with E-state index in [2.05, 4.69) is 37.7 Å². The molecular formula is C13H17N5. The molecule has 0 saturated heterocycles. The van der Waals surface area contributed by atoms with Gasteiger partial charge in [0.1, 0.15) is 12.1 Å². The zero-order valence-electron chi connectivity index (χ0n) is 11.0. The van der Waals surface area contributed by atoms with Crippen LogP contribution in [0.25, 0.3) is 0 Å². The molecule has 5 heteroatoms. The van der Waals surface area contributed by atoms with Crippen molar-refractivity contribution >= 4 is 0 Å². The molecule has 0 radical (unpaired) electrons. The summed E-state index contributed by atoms with van der Waals surface area (Å²) in [5.41, 5.74) is 1.40. The molecule has 1 N–H and O–H groups in total. The van der Waals surface area contributed by atoms with Crippen LogP contribution >= 0.6 is 0 Å². The Morgan fingerprint density at radius 3 is 2.61 bits per heavy atom. The molecular weight excluding hydrogens is 226 g/mol. The van der Waals surface area contributed by atoms with E-state index in [-0.39, 0.29) is 16.9 Å². The molecule has 1 aromatic heterocycles. The lowest BCUT2D eigenvalue weighted by molar-refractivity contribution is 0.440. The van der Waals surface area contributed by atoms with Gasteiger partial charge in [-0.2, -0.15) is 10.5 Å². The molecule has 1 heterocycles. The molecule has 0 saturated carbocycles. The number of hydrogen-bond acceptors (Lipinski definition) is 4. The van der Waals surface area contributed by atoms with Gasteiger partial charge in [0.25, 0.3) is 0 Å². The molecule has 0 amide bonds. The van der Waals surface area contributed by atoms with Crippen molar-refractivity contribution in [2.75, 3.05) is 6.54 Å². The lowest BCUT2D eigenvalue weighted by atomic mass is 10.1. The third kappa shape index (κ3) is 3.73. The van der Waals surface area contributed by atoms with Crippen molar-refractivity contribution in [3.63, 3.8) is 0 Å². The number of hydrogen-bond donors (Lipinski definition) is 1. The molecule has 0 aromatic carbocycles. The minimum absolute atomic E-state index is 0.0216. The van der Waals surface area contributed by atoms with E-state index in [1.165, 1.54) is 6.33 Å². The Morgan fingerprint density at radius 2 is 2.11 bits per heavy atom. The Bertz CT molecular complexity index is 519. The lowest BCUT2D eigenvalue weighted by Crippen LogP contribution is -2.37. The third-order valence-corrected chi connectivity index (χ3v) is 2.31. The number of rotatable bonds is 4. The molecule has 5 nitrogen and oxygen atoms in total. The molecule has 18 heavy (non-hydrogen) atoms. The Labute approximate surface area is 107 Å². The van der Waals surface area contributed by atoms with Crippen LogP contribution in [0.2, 0.25) is 0 Å². The SMILES string of the molecule is C=C(CNC(C)(C)C)Cn1cnc(C#N)c1C#N. The average molecular weight is 243 g/mol. The van der Waals surface area contributed by atoms with Crippen molar-refractivity contribution < 1.29 is 0 Å². The van der Waals surface area contributed by atoms with Crippen LogP contribution in [0.15, 0.2) is 18.5 Å². The molecule has 0 aliphatic carbocycles. The number of nitriles is 2. The van der Waals surface area contributed by atoms with Gasteiger partial charge in [0.15, 0.2) is 11.4 Å². The quantitative estimate of drug-likeness (QED) is 0.814. The summed E-state index contributed by atoms with van der Waals surface area (Å²) in [6.45, 7) is 11.3. The molecule has 0 fully saturated rings. The van der Waals surface area contributed by atoms with Gasteiger partial charge in [0.2, 0.25) is 0 Å². The smallest absolute Gasteiger partial charge is 0.176 e. The summed E-state index contributed by atoms with van der Waals surface area (Å²) in [6, 6.07) is 3.89. The number of nitrogens with zero attached hydrogens (tertiary/aromatic N) is 4. The fourth-order valence-corrected chi connectivity index (χ4v) is 1.39. The molecule has 0 atom stereocenters. The van der Waals surface area contributed by atoms with Crippen LogP contribution < -0.4 is 5.32 Å². The van der Waals surface area contributed by atoms with Gasteiger partial charge in [-0.3, -0.25) is 0 Å². The van der Waals surface area contributed by atoms with Crippen LogP contribution in [0.4, 0.5) is 0 Å². The summed E-state index contributed by atoms with van der Waals surface area (Å²) in [7, 11) is 0. The lowest BCUT2D eigenvalue weighted by Gasteiger charge is -2.21. The van der Waals surface area contributed by atoms with E-state index >= 15 is 0 Å². The molecule has 0 unspecified atom stereocenters. The first-order chi connectivity index (χ1) is 8.37. The number of imidazole rings is 1. The van der Waals surface area contributed by atoms with Gasteiger partial charge in [-0.1, -0.05) is 6.58 Å². The van der Waals surface area contributed by atoms with Gasteiger partial charge in [0, 0.05) is 18.6 Å². The van der Waals surface area contributed by atoms with E-state index in [0.717, 1.165) is 5.57 Å². The first-order valence-corrected chi connectivity index (χ1v) is 5.64. The summed E-state index contributed by atoms with van der Waals surface area (Å²) in [5, 5.41) is 21.1. The molecule has 1 rings (SSSR count). The van der Waals surface area contributed by atoms with E-state index in [0.29, 0.717) is 13.1 Å². The molecule has 94 valence electrons. The van der Waals surface area contributed by atoms with Gasteiger partial charge in [-0.05, 0) is 26.3 Å². The predicted molar refractivity (Wildman–Crippen MR) is 68.6 cm³/mol. The van der Waals surface area contributed by atoms with Crippen molar-refractivity contribution in [3.8, 4) is 12.1 Å². The van der Waals surface area contributed by atoms with Crippen molar-refractivity contribution in [2.24, 2.45) is 0 Å². The minimum atomic E-state index is 0.0216. The second-order valence-electron chi connectivity index (χ2n) is 5.15. The molecule has 0 spiro atoms. The van der Waals surface area contributed by atoms with Crippen molar-refractivity contribution in [1.29, 1.82) is 10.5 Å². The van der Waals surface area contributed by atoms with E-state index in [4.69, 9.17) is 10.5 Å². The first-order valence-electron chi connectivity index (χ1n) is 5.64. The molecule has 1 aromatic rings. The molecule has 0 aliphatic heterocycles. The van der Waals surface area contributed by atoms with Crippen LogP contribution in [0, 0.1) is 22.7 Å². The largest absolute Gasteiger partial charge is 0.317 e. The number of nitrogens with one attached hydrogen (secondary N) is 1. The van der Waals surface area contributed by atoms with E-state index in [1.807, 2.05) is 12.1 Å². The Kier molecular flexibility index (Phi) is 4.25. The van der Waals surface area contributed by atoms with Crippen LogP contribution in [0.3, 0.4) is 0 Å². The summed E-state index contributed by atoms with van der Waals surface area (Å²) >= 11 is 0. The van der Waals surface area contributed by atoms with Gasteiger partial charge in [0.05, 0.1) is 6.33 Å². The highest BCUT2D eigenvalue weighted by atomic mass is 15.1. The number of aromatic nitrogens is 2. The third-order valence-electron chi connectivity index (χ3n) is 2.31. The highest BCUT2D eigenvalue weighted by molar-refractivity contribution is 5.36. The maximum Gasteiger partial charge on any atom is 0.176 e. The summed E-state index contributed by atoms with van der Waals surface area (Å²) < 4.78 is 1.64. The van der Waals surface area contributed by atoms with Crippen molar-refractivity contribution in [1.82, 2.24) is 14.9 Å². The monoisotopic (exact) mass is 243 g/mol. The fourth-order valence-electron chi connectivity index (χ4n) is 1.39. The Balaban J connectivity index is 2.69. The average Bonchev–Trinajstić information content (AvgIpc) is 2.67. The van der Waals surface area contributed by atoms with Gasteiger partial charge in [-0.15, -0.1) is 0 Å². The summed E-state index contributed by atoms with van der Waals surface area (Å²) in [6.07, 6.45) is 1.50. The van der Waals surface area contributed by atoms with Gasteiger partial charge in [-0.25, -0.2) is 4.98 Å². The normalized spacial score (nSPS) is 10.7. The summed E-state index contributed by atoms with van der Waals surface area (Å²) in [5.74, 6) is 0. The van der Waals surface area contributed by atoms with Crippen molar-refractivity contribution in [3.05, 3.63) is 29.9 Å². The highest BCUT2D eigenvalue weighted by Gasteiger charge is 2.12. The Morgan fingerprint density at radius 1 is 1.44 bits per heavy atom. The minimum Gasteiger partial charge on any atom is -0.317 e. The summed E-state index contributed by atoms with van der Waals surface area (Å²) in [4.78, 5) is 3.89. The zero-order chi connectivity index (χ0) is 13.8. The van der Waals surface area contributed by atoms with Gasteiger partial charge < -0.3 is 9.88 Å². The van der Waals surface area contributed by atoms with E-state index in [9.17, 15) is 0 Å². The Hall–Kier alpha value is -2.11. The second-order valence-corrected chi connectivity index (χ2v) is 5.15. The van der Waals surface area contributed by atoms with E-state index < -0.39 is 0 Å². The topological polar surface area (TPSA) is 77.4 Å². The maximum absolute atomic E-state index is 8.98. The molecule has 0 aliphatic rings. The van der Waals surface area contributed by atoms with Crippen LogP contribution in [0.5, 0.6) is 0 Å². The first kappa shape index (κ1) is 14.0. The second kappa shape index (κ2) is 5.48. The van der Waals surface area contributed by atoms with E-state index in [1.54, 1.807) is 4.57 Å². The molecule has 0 bridgehead atoms. The predicted octanol–water partition coefficient (Wildman–Crippen LogP) is 1.57. The maximum atomic E-state index is 8.98. The van der Waals surface area contributed by atoms with Crippen LogP contribution in [-0.2, 0) is 6.54 Å². The van der Waals surface area contributed by atoms with Crippen LogP contribution in [-0.4, -0.2) is 21.6 Å². The fraction of sp³-hybridized carbons (Fsp3) is 0.462. The standard InChI is InChI=1S/C13H17N5/c1-10(7-17-13(2,3)4)8-18-9-16-11(5-14)12(18)6-15/h9,17H,1,7-8H2,2-4H3. The highest BCUT2D eigenvalue weighted by Crippen LogP contribution is 2.08. The van der Waals surface area contributed by atoms with Crippen LogP contribution in [0.1, 0.15) is 32.2 Å². The zero-order valence-corrected chi connectivity index (χ0v) is 11.0. The van der Waals surface area contributed by atoms with Gasteiger partial charge >= 0.3 is 0 Å². The van der Waals surface area contributed by atoms with Crippen molar-refractivity contribution in [2.45, 2.75) is 32.9 Å².